The number of anilines is 2. The van der Waals surface area contributed by atoms with Crippen molar-refractivity contribution in [3.8, 4) is 0 Å². The van der Waals surface area contributed by atoms with Crippen molar-refractivity contribution in [2.24, 2.45) is 0 Å². The van der Waals surface area contributed by atoms with Gasteiger partial charge in [-0.25, -0.2) is 0 Å². The van der Waals surface area contributed by atoms with Crippen LogP contribution in [0, 0.1) is 0 Å². The number of nitrogens with one attached hydrogen (secondary N) is 1. The van der Waals surface area contributed by atoms with E-state index in [0.717, 1.165) is 15.7 Å². The Hall–Kier alpha value is -2.14. The largest absolute Gasteiger partial charge is 0.324 e. The van der Waals surface area contributed by atoms with Gasteiger partial charge in [-0.3, -0.25) is 9.59 Å². The number of hydrogen-bond donors (Lipinski definition) is 1. The lowest BCUT2D eigenvalue weighted by Gasteiger charge is -2.25. The molecule has 0 spiro atoms. The van der Waals surface area contributed by atoms with Crippen LogP contribution in [0.4, 0.5) is 11.4 Å². The van der Waals surface area contributed by atoms with Gasteiger partial charge >= 0.3 is 0 Å². The standard InChI is InChI=1S/C19H21BrN2O2/c1-13(2)15-8-4-7-11-18(15)22(14(3)23)12-19(24)21-17-10-6-5-9-16(17)20/h4-11,13H,12H2,1-3H3,(H,21,24). The summed E-state index contributed by atoms with van der Waals surface area (Å²) in [6.07, 6.45) is 0. The summed E-state index contributed by atoms with van der Waals surface area (Å²) >= 11 is 3.40. The molecule has 2 amide bonds. The van der Waals surface area contributed by atoms with Gasteiger partial charge in [0, 0.05) is 17.1 Å². The van der Waals surface area contributed by atoms with E-state index in [1.807, 2.05) is 48.5 Å². The molecule has 4 nitrogen and oxygen atoms in total. The van der Waals surface area contributed by atoms with Crippen LogP contribution < -0.4 is 10.2 Å². The maximum atomic E-state index is 12.4. The molecule has 0 heterocycles. The molecule has 0 radical (unpaired) electrons. The quantitative estimate of drug-likeness (QED) is 0.815. The number of hydrogen-bond acceptors (Lipinski definition) is 2. The summed E-state index contributed by atoms with van der Waals surface area (Å²) in [5.74, 6) is -0.143. The SMILES string of the molecule is CC(=O)N(CC(=O)Nc1ccccc1Br)c1ccccc1C(C)C. The van der Waals surface area contributed by atoms with E-state index in [1.165, 1.54) is 11.8 Å². The molecule has 0 bridgehead atoms. The molecule has 0 saturated heterocycles. The fraction of sp³-hybridized carbons (Fsp3) is 0.263. The van der Waals surface area contributed by atoms with Crippen molar-refractivity contribution in [2.45, 2.75) is 26.7 Å². The minimum atomic E-state index is -0.240. The molecule has 0 saturated carbocycles. The van der Waals surface area contributed by atoms with Crippen molar-refractivity contribution >= 4 is 39.1 Å². The second kappa shape index (κ2) is 8.11. The molecule has 2 aromatic carbocycles. The van der Waals surface area contributed by atoms with Gasteiger partial charge in [0.2, 0.25) is 11.8 Å². The lowest BCUT2D eigenvalue weighted by Crippen LogP contribution is -2.37. The molecule has 0 aliphatic carbocycles. The van der Waals surface area contributed by atoms with Crippen LogP contribution in [-0.2, 0) is 9.59 Å². The number of halogens is 1. The van der Waals surface area contributed by atoms with E-state index in [0.29, 0.717) is 5.69 Å². The summed E-state index contributed by atoms with van der Waals surface area (Å²) in [5, 5.41) is 2.83. The first-order valence-corrected chi connectivity index (χ1v) is 8.61. The predicted octanol–water partition coefficient (Wildman–Crippen LogP) is 4.56. The zero-order valence-corrected chi connectivity index (χ0v) is 15.6. The highest BCUT2D eigenvalue weighted by Crippen LogP contribution is 2.27. The minimum absolute atomic E-state index is 0.0274. The normalized spacial score (nSPS) is 10.5. The Kier molecular flexibility index (Phi) is 6.15. The zero-order chi connectivity index (χ0) is 17.7. The van der Waals surface area contributed by atoms with E-state index in [4.69, 9.17) is 0 Å². The summed E-state index contributed by atoms with van der Waals surface area (Å²) in [5.41, 5.74) is 2.51. The van der Waals surface area contributed by atoms with E-state index in [9.17, 15) is 9.59 Å². The molecule has 1 N–H and O–H groups in total. The van der Waals surface area contributed by atoms with Crippen LogP contribution in [0.25, 0.3) is 0 Å². The fourth-order valence-electron chi connectivity index (χ4n) is 2.48. The minimum Gasteiger partial charge on any atom is -0.324 e. The third-order valence-corrected chi connectivity index (χ3v) is 4.37. The van der Waals surface area contributed by atoms with Gasteiger partial charge in [-0.1, -0.05) is 44.2 Å². The molecule has 5 heteroatoms. The smallest absolute Gasteiger partial charge is 0.244 e. The Balaban J connectivity index is 2.22. The maximum absolute atomic E-state index is 12.4. The fourth-order valence-corrected chi connectivity index (χ4v) is 2.87. The van der Waals surface area contributed by atoms with Crippen molar-refractivity contribution in [2.75, 3.05) is 16.8 Å². The number of carbonyl (C=O) groups is 2. The number of nitrogens with zero attached hydrogens (tertiary/aromatic N) is 1. The molecule has 0 fully saturated rings. The van der Waals surface area contributed by atoms with Gasteiger partial charge < -0.3 is 10.2 Å². The van der Waals surface area contributed by atoms with E-state index >= 15 is 0 Å². The highest BCUT2D eigenvalue weighted by atomic mass is 79.9. The van der Waals surface area contributed by atoms with E-state index in [2.05, 4.69) is 35.1 Å². The third kappa shape index (κ3) is 4.45. The Labute approximate surface area is 151 Å². The Morgan fingerprint density at radius 1 is 1.08 bits per heavy atom. The second-order valence-corrected chi connectivity index (χ2v) is 6.70. The molecule has 0 aliphatic heterocycles. The monoisotopic (exact) mass is 388 g/mol. The average molecular weight is 389 g/mol. The van der Waals surface area contributed by atoms with Crippen LogP contribution in [0.3, 0.4) is 0 Å². The molecule has 2 aromatic rings. The van der Waals surface area contributed by atoms with Crippen LogP contribution in [0.5, 0.6) is 0 Å². The van der Waals surface area contributed by atoms with Crippen LogP contribution in [0.1, 0.15) is 32.3 Å². The van der Waals surface area contributed by atoms with Gasteiger partial charge in [-0.05, 0) is 45.6 Å². The van der Waals surface area contributed by atoms with E-state index < -0.39 is 0 Å². The zero-order valence-electron chi connectivity index (χ0n) is 14.0. The topological polar surface area (TPSA) is 49.4 Å². The first-order chi connectivity index (χ1) is 11.4. The van der Waals surface area contributed by atoms with Crippen molar-refractivity contribution in [3.05, 3.63) is 58.6 Å². The van der Waals surface area contributed by atoms with Crippen LogP contribution in [-0.4, -0.2) is 18.4 Å². The number of benzene rings is 2. The van der Waals surface area contributed by atoms with E-state index in [1.54, 1.807) is 0 Å². The number of carbonyl (C=O) groups excluding carboxylic acids is 2. The average Bonchev–Trinajstić information content (AvgIpc) is 2.54. The highest BCUT2D eigenvalue weighted by Gasteiger charge is 2.20. The third-order valence-electron chi connectivity index (χ3n) is 3.68. The van der Waals surface area contributed by atoms with Crippen molar-refractivity contribution < 1.29 is 9.59 Å². The van der Waals surface area contributed by atoms with Gasteiger partial charge in [0.05, 0.1) is 5.69 Å². The molecule has 126 valence electrons. The second-order valence-electron chi connectivity index (χ2n) is 5.85. The van der Waals surface area contributed by atoms with Crippen molar-refractivity contribution in [3.63, 3.8) is 0 Å². The number of amides is 2. The van der Waals surface area contributed by atoms with Gasteiger partial charge in [-0.2, -0.15) is 0 Å². The molecule has 24 heavy (non-hydrogen) atoms. The van der Waals surface area contributed by atoms with Crippen LogP contribution in [0.15, 0.2) is 53.0 Å². The molecule has 0 unspecified atom stereocenters. The molecule has 0 aliphatic rings. The Morgan fingerprint density at radius 2 is 1.71 bits per heavy atom. The Bertz CT molecular complexity index is 744. The summed E-state index contributed by atoms with van der Waals surface area (Å²) in [6.45, 7) is 5.58. The number of rotatable bonds is 5. The first-order valence-electron chi connectivity index (χ1n) is 7.81. The first kappa shape index (κ1) is 18.2. The summed E-state index contributed by atoms with van der Waals surface area (Å²) in [4.78, 5) is 26.0. The molecule has 0 aromatic heterocycles. The summed E-state index contributed by atoms with van der Waals surface area (Å²) < 4.78 is 0.801. The highest BCUT2D eigenvalue weighted by molar-refractivity contribution is 9.10. The molecular formula is C19H21BrN2O2. The van der Waals surface area contributed by atoms with Crippen molar-refractivity contribution in [1.82, 2.24) is 0 Å². The molecule has 0 atom stereocenters. The lowest BCUT2D eigenvalue weighted by molar-refractivity contribution is -0.120. The summed E-state index contributed by atoms with van der Waals surface area (Å²) in [7, 11) is 0. The molecular weight excluding hydrogens is 368 g/mol. The Morgan fingerprint density at radius 3 is 2.33 bits per heavy atom. The predicted molar refractivity (Wildman–Crippen MR) is 101 cm³/mol. The molecule has 2 rings (SSSR count). The van der Waals surface area contributed by atoms with E-state index in [-0.39, 0.29) is 24.3 Å². The number of para-hydroxylation sites is 2. The van der Waals surface area contributed by atoms with Gasteiger partial charge in [-0.15, -0.1) is 0 Å². The summed E-state index contributed by atoms with van der Waals surface area (Å²) in [6, 6.07) is 15.1. The van der Waals surface area contributed by atoms with Gasteiger partial charge in [0.15, 0.2) is 0 Å². The van der Waals surface area contributed by atoms with Crippen molar-refractivity contribution in [1.29, 1.82) is 0 Å². The van der Waals surface area contributed by atoms with Crippen LogP contribution >= 0.6 is 15.9 Å². The van der Waals surface area contributed by atoms with Crippen LogP contribution in [0.2, 0.25) is 0 Å². The maximum Gasteiger partial charge on any atom is 0.244 e. The lowest BCUT2D eigenvalue weighted by atomic mass is 10.0. The van der Waals surface area contributed by atoms with Gasteiger partial charge in [0.25, 0.3) is 0 Å². The van der Waals surface area contributed by atoms with Gasteiger partial charge in [0.1, 0.15) is 6.54 Å².